The average molecular weight is 235 g/mol. The van der Waals surface area contributed by atoms with Crippen LogP contribution < -0.4 is 17.0 Å². The number of nitrogen functional groups attached to an aromatic ring is 1. The number of rotatable bonds is 4. The first-order valence-corrected chi connectivity index (χ1v) is 5.72. The maximum atomic E-state index is 5.86. The van der Waals surface area contributed by atoms with Gasteiger partial charge < -0.3 is 5.73 Å². The zero-order valence-electron chi connectivity index (χ0n) is 8.63. The molecule has 0 aromatic carbocycles. The molecule has 2 heterocycles. The van der Waals surface area contributed by atoms with Crippen molar-refractivity contribution in [1.82, 2.24) is 15.4 Å². The van der Waals surface area contributed by atoms with Gasteiger partial charge in [0.05, 0.1) is 11.6 Å². The quantitative estimate of drug-likeness (QED) is 0.540. The molecule has 1 atom stereocenters. The van der Waals surface area contributed by atoms with Crippen LogP contribution in [0, 0.1) is 0 Å². The summed E-state index contributed by atoms with van der Waals surface area (Å²) in [5, 5.41) is 0. The molecule has 0 spiro atoms. The highest BCUT2D eigenvalue weighted by Crippen LogP contribution is 2.22. The highest BCUT2D eigenvalue weighted by Gasteiger charge is 2.13. The second-order valence-electron chi connectivity index (χ2n) is 3.40. The Morgan fingerprint density at radius 2 is 2.25 bits per heavy atom. The molecular weight excluding hydrogens is 222 g/mol. The molecule has 0 aliphatic heterocycles. The molecule has 5 N–H and O–H groups in total. The fourth-order valence-electron chi connectivity index (χ4n) is 1.47. The molecule has 0 saturated carbocycles. The van der Waals surface area contributed by atoms with Crippen LogP contribution in [0.4, 0.5) is 5.69 Å². The van der Waals surface area contributed by atoms with Crippen LogP contribution >= 0.6 is 11.3 Å². The van der Waals surface area contributed by atoms with Crippen molar-refractivity contribution in [2.45, 2.75) is 12.5 Å². The molecule has 0 fully saturated rings. The van der Waals surface area contributed by atoms with Gasteiger partial charge in [-0.3, -0.25) is 21.2 Å². The fraction of sp³-hybridized carbons (Fsp3) is 0.200. The van der Waals surface area contributed by atoms with Gasteiger partial charge in [-0.1, -0.05) is 0 Å². The minimum atomic E-state index is 0.0269. The van der Waals surface area contributed by atoms with E-state index in [-0.39, 0.29) is 6.04 Å². The van der Waals surface area contributed by atoms with Gasteiger partial charge in [0.15, 0.2) is 0 Å². The lowest BCUT2D eigenvalue weighted by molar-refractivity contribution is 0.559. The van der Waals surface area contributed by atoms with Crippen LogP contribution in [-0.2, 0) is 6.42 Å². The van der Waals surface area contributed by atoms with E-state index in [0.717, 1.165) is 16.1 Å². The van der Waals surface area contributed by atoms with E-state index < -0.39 is 0 Å². The Morgan fingerprint density at radius 3 is 2.88 bits per heavy atom. The van der Waals surface area contributed by atoms with Crippen LogP contribution in [-0.4, -0.2) is 9.97 Å². The molecule has 2 aromatic rings. The molecule has 0 aliphatic rings. The average Bonchev–Trinajstić information content (AvgIpc) is 2.81. The summed E-state index contributed by atoms with van der Waals surface area (Å²) in [7, 11) is 0. The number of aromatic nitrogens is 2. The van der Waals surface area contributed by atoms with Gasteiger partial charge in [-0.05, 0) is 18.1 Å². The number of nitrogens with zero attached hydrogens (tertiary/aromatic N) is 2. The summed E-state index contributed by atoms with van der Waals surface area (Å²) in [6.07, 6.45) is 5.96. The number of pyridine rings is 1. The first-order chi connectivity index (χ1) is 7.81. The fourth-order valence-corrected chi connectivity index (χ4v) is 2.15. The molecule has 84 valence electrons. The third-order valence-electron chi connectivity index (χ3n) is 2.36. The van der Waals surface area contributed by atoms with Crippen LogP contribution in [0.2, 0.25) is 0 Å². The minimum Gasteiger partial charge on any atom is -0.398 e. The normalized spacial score (nSPS) is 12.6. The van der Waals surface area contributed by atoms with Gasteiger partial charge >= 0.3 is 0 Å². The number of hydrogen-bond acceptors (Lipinski definition) is 6. The summed E-state index contributed by atoms with van der Waals surface area (Å²) in [6, 6.07) is 1.81. The zero-order valence-corrected chi connectivity index (χ0v) is 9.45. The van der Waals surface area contributed by atoms with E-state index in [0.29, 0.717) is 6.42 Å². The summed E-state index contributed by atoms with van der Waals surface area (Å²) < 4.78 is 0. The van der Waals surface area contributed by atoms with Crippen molar-refractivity contribution in [3.8, 4) is 0 Å². The predicted molar refractivity (Wildman–Crippen MR) is 64.5 cm³/mol. The molecule has 16 heavy (non-hydrogen) atoms. The Labute approximate surface area is 97.5 Å². The number of nitrogens with one attached hydrogen (secondary N) is 1. The van der Waals surface area contributed by atoms with Crippen molar-refractivity contribution in [2.24, 2.45) is 5.84 Å². The lowest BCUT2D eigenvalue weighted by Crippen LogP contribution is -2.29. The van der Waals surface area contributed by atoms with E-state index >= 15 is 0 Å². The molecule has 1 unspecified atom stereocenters. The summed E-state index contributed by atoms with van der Waals surface area (Å²) in [6.45, 7) is 0. The molecule has 2 rings (SSSR count). The minimum absolute atomic E-state index is 0.0269. The molecule has 6 heteroatoms. The van der Waals surface area contributed by atoms with Gasteiger partial charge in [-0.15, -0.1) is 11.3 Å². The lowest BCUT2D eigenvalue weighted by Gasteiger charge is -2.14. The van der Waals surface area contributed by atoms with Gasteiger partial charge in [0.1, 0.15) is 0 Å². The van der Waals surface area contributed by atoms with Crippen LogP contribution in [0.5, 0.6) is 0 Å². The molecule has 5 nitrogen and oxygen atoms in total. The number of hydrogen-bond donors (Lipinski definition) is 3. The van der Waals surface area contributed by atoms with Crippen molar-refractivity contribution < 1.29 is 0 Å². The SMILES string of the molecule is NNC(Cc1cnccc1N)c1cncs1. The van der Waals surface area contributed by atoms with Gasteiger partial charge in [0, 0.05) is 29.2 Å². The monoisotopic (exact) mass is 235 g/mol. The van der Waals surface area contributed by atoms with Crippen LogP contribution in [0.15, 0.2) is 30.2 Å². The van der Waals surface area contributed by atoms with E-state index in [1.165, 1.54) is 0 Å². The smallest absolute Gasteiger partial charge is 0.0794 e. The maximum Gasteiger partial charge on any atom is 0.0794 e. The van der Waals surface area contributed by atoms with Crippen molar-refractivity contribution >= 4 is 17.0 Å². The van der Waals surface area contributed by atoms with Gasteiger partial charge in [0.2, 0.25) is 0 Å². The predicted octanol–water partition coefficient (Wildman–Crippen LogP) is 0.867. The Balaban J connectivity index is 2.17. The molecular formula is C10H13N5S. The molecule has 0 amide bonds. The van der Waals surface area contributed by atoms with Crippen LogP contribution in [0.3, 0.4) is 0 Å². The third-order valence-corrected chi connectivity index (χ3v) is 3.25. The number of anilines is 1. The van der Waals surface area contributed by atoms with Gasteiger partial charge in [-0.2, -0.15) is 0 Å². The van der Waals surface area contributed by atoms with E-state index in [9.17, 15) is 0 Å². The first-order valence-electron chi connectivity index (χ1n) is 4.84. The Hall–Kier alpha value is -1.50. The summed E-state index contributed by atoms with van der Waals surface area (Å²) in [4.78, 5) is 9.17. The molecule has 2 aromatic heterocycles. The molecule has 0 saturated heterocycles. The Bertz CT molecular complexity index is 442. The van der Waals surface area contributed by atoms with Crippen molar-refractivity contribution in [3.05, 3.63) is 40.6 Å². The number of thiazole rings is 1. The Kier molecular flexibility index (Phi) is 3.45. The number of nitrogens with two attached hydrogens (primary N) is 2. The second-order valence-corrected chi connectivity index (χ2v) is 4.32. The highest BCUT2D eigenvalue weighted by molar-refractivity contribution is 7.09. The topological polar surface area (TPSA) is 89.8 Å². The zero-order chi connectivity index (χ0) is 11.4. The number of hydrazine groups is 1. The highest BCUT2D eigenvalue weighted by atomic mass is 32.1. The van der Waals surface area contributed by atoms with Gasteiger partial charge in [-0.25, -0.2) is 0 Å². The summed E-state index contributed by atoms with van der Waals surface area (Å²) in [5.74, 6) is 5.53. The van der Waals surface area contributed by atoms with Crippen molar-refractivity contribution in [2.75, 3.05) is 5.73 Å². The first kappa shape index (κ1) is 11.0. The van der Waals surface area contributed by atoms with Gasteiger partial charge in [0.25, 0.3) is 0 Å². The van der Waals surface area contributed by atoms with E-state index in [4.69, 9.17) is 11.6 Å². The molecule has 0 aliphatic carbocycles. The maximum absolute atomic E-state index is 5.86. The molecule has 0 radical (unpaired) electrons. The van der Waals surface area contributed by atoms with E-state index in [1.807, 2.05) is 6.20 Å². The van der Waals surface area contributed by atoms with Crippen LogP contribution in [0.1, 0.15) is 16.5 Å². The largest absolute Gasteiger partial charge is 0.398 e. The van der Waals surface area contributed by atoms with E-state index in [1.54, 1.807) is 35.3 Å². The van der Waals surface area contributed by atoms with Crippen LogP contribution in [0.25, 0.3) is 0 Å². The second kappa shape index (κ2) is 5.02. The summed E-state index contributed by atoms with van der Waals surface area (Å²) >= 11 is 1.57. The third kappa shape index (κ3) is 2.35. The lowest BCUT2D eigenvalue weighted by atomic mass is 10.1. The Morgan fingerprint density at radius 1 is 1.38 bits per heavy atom. The standard InChI is InChI=1S/C10H13N5S/c11-8-1-2-13-4-7(8)3-9(15-12)10-5-14-6-16-10/h1-2,4-6,9,15H,3,12H2,(H2,11,13). The molecule has 0 bridgehead atoms. The van der Waals surface area contributed by atoms with Crippen molar-refractivity contribution in [3.63, 3.8) is 0 Å². The summed E-state index contributed by atoms with van der Waals surface area (Å²) in [5.41, 5.74) is 12.1. The van der Waals surface area contributed by atoms with E-state index in [2.05, 4.69) is 15.4 Å². The van der Waals surface area contributed by atoms with Crippen molar-refractivity contribution in [1.29, 1.82) is 0 Å².